The predicted octanol–water partition coefficient (Wildman–Crippen LogP) is 1.87. The highest BCUT2D eigenvalue weighted by atomic mass is 32.1. The maximum Gasteiger partial charge on any atom is 0.240 e. The van der Waals surface area contributed by atoms with Gasteiger partial charge in [0, 0.05) is 6.54 Å². The average Bonchev–Trinajstić information content (AvgIpc) is 3.13. The highest BCUT2D eigenvalue weighted by molar-refractivity contribution is 7.16. The van der Waals surface area contributed by atoms with Gasteiger partial charge in [-0.15, -0.1) is 11.3 Å². The lowest BCUT2D eigenvalue weighted by Crippen LogP contribution is -2.22. The molecule has 0 radical (unpaired) electrons. The van der Waals surface area contributed by atoms with Crippen LogP contribution in [0.3, 0.4) is 0 Å². The van der Waals surface area contributed by atoms with Crippen molar-refractivity contribution in [2.24, 2.45) is 5.84 Å². The van der Waals surface area contributed by atoms with Crippen LogP contribution < -0.4 is 16.6 Å². The largest absolute Gasteiger partial charge is 0.369 e. The van der Waals surface area contributed by atoms with Crippen molar-refractivity contribution in [3.63, 3.8) is 0 Å². The smallest absolute Gasteiger partial charge is 0.240 e. The number of anilines is 2. The number of hydrogen-bond acceptors (Lipinski definition) is 7. The molecule has 1 aliphatic heterocycles. The first-order chi connectivity index (χ1) is 9.86. The standard InChI is InChI=1S/C13H20N6S/c14-18-13-16-11(10-4-9-20-12(10)17-13)15-5-3-8-19-6-1-2-7-19/h4,9H,1-3,5-8,14H2,(H2,15,16,17,18). The molecule has 0 spiro atoms. The number of rotatable bonds is 6. The summed E-state index contributed by atoms with van der Waals surface area (Å²) in [4.78, 5) is 12.2. The molecular weight excluding hydrogens is 272 g/mol. The van der Waals surface area contributed by atoms with E-state index < -0.39 is 0 Å². The second-order valence-corrected chi connectivity index (χ2v) is 5.90. The van der Waals surface area contributed by atoms with Gasteiger partial charge in [0.1, 0.15) is 10.6 Å². The zero-order chi connectivity index (χ0) is 13.8. The molecule has 20 heavy (non-hydrogen) atoms. The van der Waals surface area contributed by atoms with Gasteiger partial charge in [-0.05, 0) is 50.3 Å². The molecule has 0 aliphatic carbocycles. The Hall–Kier alpha value is -1.44. The minimum Gasteiger partial charge on any atom is -0.369 e. The van der Waals surface area contributed by atoms with Gasteiger partial charge in [0.25, 0.3) is 0 Å². The summed E-state index contributed by atoms with van der Waals surface area (Å²) in [5.74, 6) is 6.74. The van der Waals surface area contributed by atoms with Crippen molar-refractivity contribution in [2.75, 3.05) is 36.9 Å². The van der Waals surface area contributed by atoms with Gasteiger partial charge in [0.05, 0.1) is 5.39 Å². The van der Waals surface area contributed by atoms with Gasteiger partial charge in [0.2, 0.25) is 5.95 Å². The van der Waals surface area contributed by atoms with Crippen molar-refractivity contribution < 1.29 is 0 Å². The summed E-state index contributed by atoms with van der Waals surface area (Å²) in [6, 6.07) is 2.04. The molecule has 0 aromatic carbocycles. The Kier molecular flexibility index (Phi) is 4.29. The highest BCUT2D eigenvalue weighted by Gasteiger charge is 2.11. The van der Waals surface area contributed by atoms with E-state index in [4.69, 9.17) is 5.84 Å². The number of nitrogens with one attached hydrogen (secondary N) is 2. The average molecular weight is 292 g/mol. The fraction of sp³-hybridized carbons (Fsp3) is 0.538. The van der Waals surface area contributed by atoms with Gasteiger partial charge in [-0.3, -0.25) is 5.43 Å². The molecule has 1 saturated heterocycles. The zero-order valence-electron chi connectivity index (χ0n) is 11.4. The minimum absolute atomic E-state index is 0.460. The van der Waals surface area contributed by atoms with Gasteiger partial charge in [-0.2, -0.15) is 4.98 Å². The SMILES string of the molecule is NNc1nc(NCCCN2CCCC2)c2ccsc2n1. The molecule has 1 fully saturated rings. The summed E-state index contributed by atoms with van der Waals surface area (Å²) in [5.41, 5.74) is 2.52. The van der Waals surface area contributed by atoms with E-state index in [-0.39, 0.29) is 0 Å². The molecule has 2 aromatic heterocycles. The second-order valence-electron chi connectivity index (χ2n) is 5.01. The molecule has 0 saturated carbocycles. The van der Waals surface area contributed by atoms with Gasteiger partial charge in [-0.1, -0.05) is 0 Å². The molecule has 2 aromatic rings. The van der Waals surface area contributed by atoms with Gasteiger partial charge in [-0.25, -0.2) is 10.8 Å². The molecular formula is C13H20N6S. The van der Waals surface area contributed by atoms with E-state index in [0.717, 1.165) is 35.5 Å². The Bertz CT molecular complexity index is 563. The minimum atomic E-state index is 0.460. The van der Waals surface area contributed by atoms with Crippen molar-refractivity contribution in [3.05, 3.63) is 11.4 Å². The third-order valence-corrected chi connectivity index (χ3v) is 4.40. The lowest BCUT2D eigenvalue weighted by Gasteiger charge is -2.14. The van der Waals surface area contributed by atoms with Crippen LogP contribution in [-0.2, 0) is 0 Å². The Labute approximate surface area is 122 Å². The summed E-state index contributed by atoms with van der Waals surface area (Å²) < 4.78 is 0. The molecule has 0 bridgehead atoms. The van der Waals surface area contributed by atoms with Crippen molar-refractivity contribution in [2.45, 2.75) is 19.3 Å². The van der Waals surface area contributed by atoms with Crippen LogP contribution in [0.25, 0.3) is 10.2 Å². The summed E-state index contributed by atoms with van der Waals surface area (Å²) in [6.45, 7) is 4.59. The lowest BCUT2D eigenvalue weighted by molar-refractivity contribution is 0.337. The molecule has 6 nitrogen and oxygen atoms in total. The van der Waals surface area contributed by atoms with Crippen LogP contribution in [-0.4, -0.2) is 41.0 Å². The number of nitrogen functional groups attached to an aromatic ring is 1. The third-order valence-electron chi connectivity index (χ3n) is 3.60. The number of hydrogen-bond donors (Lipinski definition) is 3. The maximum atomic E-state index is 5.41. The van der Waals surface area contributed by atoms with Gasteiger partial charge in [0.15, 0.2) is 0 Å². The first-order valence-corrected chi connectivity index (χ1v) is 7.93. The van der Waals surface area contributed by atoms with Crippen LogP contribution in [0, 0.1) is 0 Å². The highest BCUT2D eigenvalue weighted by Crippen LogP contribution is 2.26. The Balaban J connectivity index is 1.59. The van der Waals surface area contributed by atoms with Crippen molar-refractivity contribution >= 4 is 33.3 Å². The molecule has 1 aliphatic rings. The number of thiophene rings is 1. The third kappa shape index (κ3) is 3.00. The number of likely N-dealkylation sites (tertiary alicyclic amines) is 1. The van der Waals surface area contributed by atoms with Crippen molar-refractivity contribution in [3.8, 4) is 0 Å². The normalized spacial score (nSPS) is 15.8. The predicted molar refractivity (Wildman–Crippen MR) is 84.0 cm³/mol. The molecule has 108 valence electrons. The molecule has 3 rings (SSSR count). The van der Waals surface area contributed by atoms with E-state index in [1.54, 1.807) is 11.3 Å². The van der Waals surface area contributed by atoms with Crippen molar-refractivity contribution in [1.82, 2.24) is 14.9 Å². The number of fused-ring (bicyclic) bond motifs is 1. The number of nitrogens with zero attached hydrogens (tertiary/aromatic N) is 3. The first kappa shape index (κ1) is 13.5. The van der Waals surface area contributed by atoms with E-state index in [1.165, 1.54) is 25.9 Å². The van der Waals surface area contributed by atoms with E-state index in [0.29, 0.717) is 5.95 Å². The Morgan fingerprint density at radius 2 is 2.15 bits per heavy atom. The van der Waals surface area contributed by atoms with E-state index in [2.05, 4.69) is 25.6 Å². The zero-order valence-corrected chi connectivity index (χ0v) is 12.2. The second kappa shape index (κ2) is 6.34. The Morgan fingerprint density at radius 1 is 1.30 bits per heavy atom. The van der Waals surface area contributed by atoms with Crippen molar-refractivity contribution in [1.29, 1.82) is 0 Å². The molecule has 3 heterocycles. The van der Waals surface area contributed by atoms with Gasteiger partial charge < -0.3 is 10.2 Å². The summed E-state index contributed by atoms with van der Waals surface area (Å²) in [6.07, 6.45) is 3.82. The number of aromatic nitrogens is 2. The fourth-order valence-electron chi connectivity index (χ4n) is 2.57. The van der Waals surface area contributed by atoms with E-state index in [9.17, 15) is 0 Å². The summed E-state index contributed by atoms with van der Waals surface area (Å²) in [7, 11) is 0. The topological polar surface area (TPSA) is 79.1 Å². The summed E-state index contributed by atoms with van der Waals surface area (Å²) >= 11 is 1.60. The van der Waals surface area contributed by atoms with Crippen LogP contribution in [0.5, 0.6) is 0 Å². The van der Waals surface area contributed by atoms with Gasteiger partial charge >= 0.3 is 0 Å². The van der Waals surface area contributed by atoms with Crippen LogP contribution >= 0.6 is 11.3 Å². The maximum absolute atomic E-state index is 5.41. The van der Waals surface area contributed by atoms with E-state index in [1.807, 2.05) is 11.4 Å². The van der Waals surface area contributed by atoms with Crippen LogP contribution in [0.4, 0.5) is 11.8 Å². The molecule has 0 atom stereocenters. The van der Waals surface area contributed by atoms with Crippen LogP contribution in [0.1, 0.15) is 19.3 Å². The molecule has 0 unspecified atom stereocenters. The van der Waals surface area contributed by atoms with Crippen LogP contribution in [0.2, 0.25) is 0 Å². The molecule has 4 N–H and O–H groups in total. The quantitative estimate of drug-likeness (QED) is 0.428. The monoisotopic (exact) mass is 292 g/mol. The fourth-order valence-corrected chi connectivity index (χ4v) is 3.33. The number of hydrazine groups is 1. The molecule has 7 heteroatoms. The summed E-state index contributed by atoms with van der Waals surface area (Å²) in [5, 5.41) is 6.49. The Morgan fingerprint density at radius 3 is 2.95 bits per heavy atom. The lowest BCUT2D eigenvalue weighted by atomic mass is 10.3. The van der Waals surface area contributed by atoms with Crippen LogP contribution in [0.15, 0.2) is 11.4 Å². The molecule has 0 amide bonds. The number of nitrogens with two attached hydrogens (primary N) is 1. The first-order valence-electron chi connectivity index (χ1n) is 7.05. The van der Waals surface area contributed by atoms with E-state index >= 15 is 0 Å².